The van der Waals surface area contributed by atoms with Crippen LogP contribution in [0.1, 0.15) is 25.3 Å². The van der Waals surface area contributed by atoms with Gasteiger partial charge in [-0.2, -0.15) is 0 Å². The number of hydrogen-bond acceptors (Lipinski definition) is 2. The molecular formula is C13H17NO. The average molecular weight is 203 g/mol. The lowest BCUT2D eigenvalue weighted by molar-refractivity contribution is 0.614. The maximum absolute atomic E-state index is 5.32. The van der Waals surface area contributed by atoms with Gasteiger partial charge in [-0.15, -0.1) is 0 Å². The third kappa shape index (κ3) is 2.21. The third-order valence-electron chi connectivity index (χ3n) is 2.75. The molecule has 0 radical (unpaired) electrons. The number of hydrogen-bond donors (Lipinski definition) is 1. The summed E-state index contributed by atoms with van der Waals surface area (Å²) in [6.07, 6.45) is 1.74. The fraction of sp³-hybridized carbons (Fsp3) is 0.385. The molecular weight excluding hydrogens is 186 g/mol. The molecule has 0 amide bonds. The van der Waals surface area contributed by atoms with E-state index in [4.69, 9.17) is 4.42 Å². The van der Waals surface area contributed by atoms with Crippen LogP contribution in [0.25, 0.3) is 11.0 Å². The summed E-state index contributed by atoms with van der Waals surface area (Å²) in [5.74, 6) is 0.546. The van der Waals surface area contributed by atoms with Gasteiger partial charge < -0.3 is 9.73 Å². The Hall–Kier alpha value is -1.28. The van der Waals surface area contributed by atoms with Crippen molar-refractivity contribution in [1.29, 1.82) is 0 Å². The second kappa shape index (κ2) is 4.49. The van der Waals surface area contributed by atoms with Crippen LogP contribution in [-0.4, -0.2) is 13.1 Å². The predicted molar refractivity (Wildman–Crippen MR) is 63.2 cm³/mol. The Labute approximate surface area is 90.3 Å². The first-order valence-corrected chi connectivity index (χ1v) is 5.49. The number of benzene rings is 1. The van der Waals surface area contributed by atoms with Crippen molar-refractivity contribution in [2.75, 3.05) is 13.1 Å². The second-order valence-corrected chi connectivity index (χ2v) is 3.93. The van der Waals surface area contributed by atoms with Crippen LogP contribution in [0, 0.1) is 0 Å². The maximum atomic E-state index is 5.32. The quantitative estimate of drug-likeness (QED) is 0.825. The van der Waals surface area contributed by atoms with E-state index in [1.54, 1.807) is 6.26 Å². The van der Waals surface area contributed by atoms with Crippen molar-refractivity contribution in [3.05, 3.63) is 36.1 Å². The predicted octanol–water partition coefficient (Wildman–Crippen LogP) is 3.15. The minimum atomic E-state index is 0.546. The molecule has 80 valence electrons. The molecule has 0 spiro atoms. The van der Waals surface area contributed by atoms with Gasteiger partial charge >= 0.3 is 0 Å². The summed E-state index contributed by atoms with van der Waals surface area (Å²) in [4.78, 5) is 0. The summed E-state index contributed by atoms with van der Waals surface area (Å²) >= 11 is 0. The molecule has 2 heteroatoms. The SMILES string of the molecule is CCNCC(C)c1ccc2occc2c1. The Kier molecular flexibility index (Phi) is 3.07. The monoisotopic (exact) mass is 203 g/mol. The van der Waals surface area contributed by atoms with Gasteiger partial charge in [0.2, 0.25) is 0 Å². The van der Waals surface area contributed by atoms with Crippen LogP contribution < -0.4 is 5.32 Å². The van der Waals surface area contributed by atoms with E-state index in [-0.39, 0.29) is 0 Å². The Morgan fingerprint density at radius 1 is 1.33 bits per heavy atom. The number of fused-ring (bicyclic) bond motifs is 1. The summed E-state index contributed by atoms with van der Waals surface area (Å²) in [6, 6.07) is 8.42. The zero-order chi connectivity index (χ0) is 10.7. The van der Waals surface area contributed by atoms with Gasteiger partial charge in [-0.1, -0.05) is 19.9 Å². The minimum absolute atomic E-state index is 0.546. The summed E-state index contributed by atoms with van der Waals surface area (Å²) in [5, 5.41) is 4.56. The Morgan fingerprint density at radius 3 is 3.00 bits per heavy atom. The van der Waals surface area contributed by atoms with Crippen molar-refractivity contribution < 1.29 is 4.42 Å². The molecule has 0 aliphatic carbocycles. The molecule has 1 unspecified atom stereocenters. The lowest BCUT2D eigenvalue weighted by Gasteiger charge is -2.11. The fourth-order valence-electron chi connectivity index (χ4n) is 1.77. The van der Waals surface area contributed by atoms with Gasteiger partial charge in [-0.3, -0.25) is 0 Å². The lowest BCUT2D eigenvalue weighted by atomic mass is 10.00. The summed E-state index contributed by atoms with van der Waals surface area (Å²) in [5.41, 5.74) is 2.33. The van der Waals surface area contributed by atoms with Crippen LogP contribution >= 0.6 is 0 Å². The Morgan fingerprint density at radius 2 is 2.20 bits per heavy atom. The number of nitrogens with one attached hydrogen (secondary N) is 1. The van der Waals surface area contributed by atoms with E-state index in [0.717, 1.165) is 18.7 Å². The second-order valence-electron chi connectivity index (χ2n) is 3.93. The molecule has 0 bridgehead atoms. The first kappa shape index (κ1) is 10.2. The lowest BCUT2D eigenvalue weighted by Crippen LogP contribution is -2.19. The normalized spacial score (nSPS) is 13.2. The molecule has 2 aromatic rings. The van der Waals surface area contributed by atoms with E-state index in [2.05, 4.69) is 31.3 Å². The first-order valence-electron chi connectivity index (χ1n) is 5.49. The third-order valence-corrected chi connectivity index (χ3v) is 2.75. The van der Waals surface area contributed by atoms with E-state index in [0.29, 0.717) is 5.92 Å². The van der Waals surface area contributed by atoms with Crippen LogP contribution in [0.2, 0.25) is 0 Å². The van der Waals surface area contributed by atoms with Gasteiger partial charge in [0.1, 0.15) is 5.58 Å². The van der Waals surface area contributed by atoms with Gasteiger partial charge in [0.05, 0.1) is 6.26 Å². The maximum Gasteiger partial charge on any atom is 0.133 e. The van der Waals surface area contributed by atoms with Crippen molar-refractivity contribution >= 4 is 11.0 Å². The van der Waals surface area contributed by atoms with Gasteiger partial charge in [0.25, 0.3) is 0 Å². The number of likely N-dealkylation sites (N-methyl/N-ethyl adjacent to an activating group) is 1. The summed E-state index contributed by atoms with van der Waals surface area (Å²) in [7, 11) is 0. The van der Waals surface area contributed by atoms with Gasteiger partial charge in [-0.05, 0) is 36.2 Å². The van der Waals surface area contributed by atoms with Gasteiger partial charge in [0, 0.05) is 11.9 Å². The Bertz CT molecular complexity index is 433. The van der Waals surface area contributed by atoms with Gasteiger partial charge in [-0.25, -0.2) is 0 Å². The average Bonchev–Trinajstić information content (AvgIpc) is 2.72. The molecule has 15 heavy (non-hydrogen) atoms. The van der Waals surface area contributed by atoms with Crippen molar-refractivity contribution in [1.82, 2.24) is 5.32 Å². The zero-order valence-corrected chi connectivity index (χ0v) is 9.29. The van der Waals surface area contributed by atoms with Crippen LogP contribution in [0.15, 0.2) is 34.9 Å². The van der Waals surface area contributed by atoms with Crippen molar-refractivity contribution in [3.8, 4) is 0 Å². The van der Waals surface area contributed by atoms with E-state index in [1.807, 2.05) is 12.1 Å². The van der Waals surface area contributed by atoms with E-state index in [1.165, 1.54) is 10.9 Å². The molecule has 0 saturated heterocycles. The molecule has 0 saturated carbocycles. The highest BCUT2D eigenvalue weighted by Gasteiger charge is 2.06. The molecule has 1 aromatic carbocycles. The first-order chi connectivity index (χ1) is 7.31. The standard InChI is InChI=1S/C13H17NO/c1-3-14-9-10(2)11-4-5-13-12(8-11)6-7-15-13/h4-8,10,14H,3,9H2,1-2H3. The highest BCUT2D eigenvalue weighted by molar-refractivity contribution is 5.77. The molecule has 1 heterocycles. The van der Waals surface area contributed by atoms with E-state index >= 15 is 0 Å². The summed E-state index contributed by atoms with van der Waals surface area (Å²) in [6.45, 7) is 6.42. The molecule has 0 aliphatic heterocycles. The smallest absolute Gasteiger partial charge is 0.133 e. The largest absolute Gasteiger partial charge is 0.464 e. The zero-order valence-electron chi connectivity index (χ0n) is 9.29. The highest BCUT2D eigenvalue weighted by Crippen LogP contribution is 2.21. The molecule has 0 aliphatic rings. The van der Waals surface area contributed by atoms with Crippen molar-refractivity contribution in [2.24, 2.45) is 0 Å². The van der Waals surface area contributed by atoms with Crippen LogP contribution in [0.5, 0.6) is 0 Å². The minimum Gasteiger partial charge on any atom is -0.464 e. The van der Waals surface area contributed by atoms with Gasteiger partial charge in [0.15, 0.2) is 0 Å². The molecule has 2 nitrogen and oxygen atoms in total. The van der Waals surface area contributed by atoms with E-state index in [9.17, 15) is 0 Å². The molecule has 2 rings (SSSR count). The Balaban J connectivity index is 2.19. The molecule has 0 fully saturated rings. The van der Waals surface area contributed by atoms with Crippen LogP contribution in [0.3, 0.4) is 0 Å². The summed E-state index contributed by atoms with van der Waals surface area (Å²) < 4.78 is 5.32. The topological polar surface area (TPSA) is 25.2 Å². The van der Waals surface area contributed by atoms with Crippen molar-refractivity contribution in [3.63, 3.8) is 0 Å². The van der Waals surface area contributed by atoms with Crippen molar-refractivity contribution in [2.45, 2.75) is 19.8 Å². The number of rotatable bonds is 4. The van der Waals surface area contributed by atoms with Crippen LogP contribution in [0.4, 0.5) is 0 Å². The van der Waals surface area contributed by atoms with E-state index < -0.39 is 0 Å². The molecule has 1 aromatic heterocycles. The number of furan rings is 1. The molecule has 1 N–H and O–H groups in total. The fourth-order valence-corrected chi connectivity index (χ4v) is 1.77. The highest BCUT2D eigenvalue weighted by atomic mass is 16.3. The van der Waals surface area contributed by atoms with Crippen LogP contribution in [-0.2, 0) is 0 Å². The molecule has 1 atom stereocenters.